The number of rotatable bonds is 5. The van der Waals surface area contributed by atoms with Gasteiger partial charge in [0.05, 0.1) is 11.2 Å². The van der Waals surface area contributed by atoms with E-state index in [1.54, 1.807) is 32.0 Å². The average molecular weight is 484 g/mol. The first-order valence-electron chi connectivity index (χ1n) is 11.2. The van der Waals surface area contributed by atoms with Crippen molar-refractivity contribution in [1.29, 1.82) is 0 Å². The van der Waals surface area contributed by atoms with E-state index in [1.165, 1.54) is 7.11 Å². The lowest BCUT2D eigenvalue weighted by Crippen LogP contribution is -2.49. The number of aryl methyl sites for hydroxylation is 1. The number of ether oxygens (including phenoxy) is 4. The van der Waals surface area contributed by atoms with Gasteiger partial charge in [-0.05, 0) is 44.0 Å². The van der Waals surface area contributed by atoms with Gasteiger partial charge in [0.15, 0.2) is 0 Å². The Morgan fingerprint density at radius 2 is 1.89 bits per heavy atom. The minimum Gasteiger partial charge on any atom is -0.462 e. The van der Waals surface area contributed by atoms with Crippen LogP contribution in [0.25, 0.3) is 22.1 Å². The van der Waals surface area contributed by atoms with Crippen molar-refractivity contribution in [3.05, 3.63) is 64.5 Å². The first-order chi connectivity index (χ1) is 16.6. The summed E-state index contributed by atoms with van der Waals surface area (Å²) in [7, 11) is 1.46. The largest absolute Gasteiger partial charge is 0.462 e. The SMILES string of the molecule is COC1C(OC(N)=O)CC(O)C(Oc2ccc3c(C)c(-c4ccccc4)c(=O)oc3c2)OC1(C)C. The lowest BCUT2D eigenvalue weighted by Gasteiger charge is -2.35. The van der Waals surface area contributed by atoms with Gasteiger partial charge in [0, 0.05) is 25.0 Å². The summed E-state index contributed by atoms with van der Waals surface area (Å²) >= 11 is 0. The van der Waals surface area contributed by atoms with Gasteiger partial charge >= 0.3 is 11.7 Å². The smallest absolute Gasteiger partial charge is 0.404 e. The van der Waals surface area contributed by atoms with E-state index in [9.17, 15) is 14.7 Å². The average Bonchev–Trinajstić information content (AvgIpc) is 2.86. The van der Waals surface area contributed by atoms with Gasteiger partial charge in [0.25, 0.3) is 0 Å². The highest BCUT2D eigenvalue weighted by molar-refractivity contribution is 5.87. The van der Waals surface area contributed by atoms with Crippen molar-refractivity contribution in [3.63, 3.8) is 0 Å². The molecule has 1 aliphatic heterocycles. The van der Waals surface area contributed by atoms with Gasteiger partial charge in [0.2, 0.25) is 6.29 Å². The third kappa shape index (κ3) is 5.02. The lowest BCUT2D eigenvalue weighted by atomic mass is 9.94. The molecule has 4 rings (SSSR count). The van der Waals surface area contributed by atoms with E-state index in [0.29, 0.717) is 16.9 Å². The first-order valence-corrected chi connectivity index (χ1v) is 11.2. The molecule has 1 aromatic heterocycles. The number of hydrogen-bond acceptors (Lipinski definition) is 8. The summed E-state index contributed by atoms with van der Waals surface area (Å²) in [5.74, 6) is 0.329. The summed E-state index contributed by atoms with van der Waals surface area (Å²) in [5.41, 5.74) is 6.15. The van der Waals surface area contributed by atoms with Gasteiger partial charge in [-0.2, -0.15) is 0 Å². The highest BCUT2D eigenvalue weighted by atomic mass is 16.7. The molecule has 3 N–H and O–H groups in total. The zero-order valence-corrected chi connectivity index (χ0v) is 20.0. The number of primary amides is 1. The van der Waals surface area contributed by atoms with Crippen LogP contribution in [0.5, 0.6) is 5.75 Å². The van der Waals surface area contributed by atoms with Crippen LogP contribution in [0.4, 0.5) is 4.79 Å². The maximum absolute atomic E-state index is 12.8. The van der Waals surface area contributed by atoms with E-state index in [0.717, 1.165) is 16.5 Å². The molecule has 0 bridgehead atoms. The molecular formula is C26H29NO8. The number of aliphatic hydroxyl groups excluding tert-OH is 1. The van der Waals surface area contributed by atoms with E-state index in [1.807, 2.05) is 37.3 Å². The standard InChI is InChI=1S/C26H29NO8/c1-14-17-11-10-16(12-19(17)33-23(29)21(14)15-8-6-5-7-9-15)32-24-18(28)13-20(34-25(27)30)22(31-4)26(2,3)35-24/h5-12,18,20,22,24,28H,13H2,1-4H3,(H2,27,30). The topological polar surface area (TPSA) is 130 Å². The number of benzene rings is 2. The Morgan fingerprint density at radius 1 is 1.17 bits per heavy atom. The highest BCUT2D eigenvalue weighted by Gasteiger charge is 2.47. The molecule has 0 spiro atoms. The summed E-state index contributed by atoms with van der Waals surface area (Å²) in [5, 5.41) is 11.5. The quantitative estimate of drug-likeness (QED) is 0.527. The maximum Gasteiger partial charge on any atom is 0.404 e. The van der Waals surface area contributed by atoms with Crippen LogP contribution >= 0.6 is 0 Å². The van der Waals surface area contributed by atoms with Crippen molar-refractivity contribution in [2.75, 3.05) is 7.11 Å². The van der Waals surface area contributed by atoms with Crippen LogP contribution in [-0.2, 0) is 14.2 Å². The number of fused-ring (bicyclic) bond motifs is 1. The van der Waals surface area contributed by atoms with Gasteiger partial charge in [0.1, 0.15) is 29.6 Å². The molecule has 9 nitrogen and oxygen atoms in total. The summed E-state index contributed by atoms with van der Waals surface area (Å²) < 4.78 is 28.3. The zero-order chi connectivity index (χ0) is 25.3. The number of nitrogens with two attached hydrogens (primary N) is 1. The molecule has 35 heavy (non-hydrogen) atoms. The molecule has 1 fully saturated rings. The second-order valence-corrected chi connectivity index (χ2v) is 9.06. The van der Waals surface area contributed by atoms with Crippen LogP contribution in [0, 0.1) is 6.92 Å². The van der Waals surface area contributed by atoms with Crippen molar-refractivity contribution in [2.45, 2.75) is 57.4 Å². The van der Waals surface area contributed by atoms with Gasteiger partial charge in [-0.15, -0.1) is 0 Å². The van der Waals surface area contributed by atoms with E-state index >= 15 is 0 Å². The molecule has 1 saturated heterocycles. The van der Waals surface area contributed by atoms with Crippen molar-refractivity contribution < 1.29 is 33.3 Å². The minimum absolute atomic E-state index is 0.0161. The Morgan fingerprint density at radius 3 is 2.54 bits per heavy atom. The van der Waals surface area contributed by atoms with Crippen molar-refractivity contribution in [2.24, 2.45) is 5.73 Å². The van der Waals surface area contributed by atoms with Gasteiger partial charge in [-0.3, -0.25) is 0 Å². The normalized spacial score (nSPS) is 24.0. The number of aliphatic hydroxyl groups is 1. The molecule has 0 radical (unpaired) electrons. The summed E-state index contributed by atoms with van der Waals surface area (Å²) in [6.45, 7) is 5.34. The van der Waals surface area contributed by atoms with Gasteiger partial charge in [-0.25, -0.2) is 9.59 Å². The number of amides is 1. The predicted molar refractivity (Wildman–Crippen MR) is 128 cm³/mol. The maximum atomic E-state index is 12.8. The Labute approximate surface area is 202 Å². The molecular weight excluding hydrogens is 454 g/mol. The summed E-state index contributed by atoms with van der Waals surface area (Å²) in [6.07, 6.45) is -4.81. The van der Waals surface area contributed by atoms with E-state index in [-0.39, 0.29) is 6.42 Å². The fourth-order valence-electron chi connectivity index (χ4n) is 4.64. The number of carbonyl (C=O) groups is 1. The number of carbonyl (C=O) groups excluding carboxylic acids is 1. The second-order valence-electron chi connectivity index (χ2n) is 9.06. The van der Waals surface area contributed by atoms with E-state index in [4.69, 9.17) is 29.1 Å². The zero-order valence-electron chi connectivity index (χ0n) is 20.0. The highest BCUT2D eigenvalue weighted by Crippen LogP contribution is 2.34. The summed E-state index contributed by atoms with van der Waals surface area (Å²) in [6, 6.07) is 14.4. The van der Waals surface area contributed by atoms with Gasteiger partial charge < -0.3 is 34.2 Å². The molecule has 186 valence electrons. The third-order valence-electron chi connectivity index (χ3n) is 6.21. The molecule has 0 saturated carbocycles. The molecule has 4 unspecified atom stereocenters. The first kappa shape index (κ1) is 24.7. The van der Waals surface area contributed by atoms with Crippen molar-refractivity contribution >= 4 is 17.1 Å². The molecule has 3 aromatic rings. The number of hydrogen-bond donors (Lipinski definition) is 2. The lowest BCUT2D eigenvalue weighted by molar-refractivity contribution is -0.219. The Bertz CT molecular complexity index is 1270. The van der Waals surface area contributed by atoms with Crippen molar-refractivity contribution in [3.8, 4) is 16.9 Å². The summed E-state index contributed by atoms with van der Waals surface area (Å²) in [4.78, 5) is 24.2. The van der Waals surface area contributed by atoms with E-state index in [2.05, 4.69) is 0 Å². The third-order valence-corrected chi connectivity index (χ3v) is 6.21. The van der Waals surface area contributed by atoms with Crippen LogP contribution in [0.1, 0.15) is 25.8 Å². The fourth-order valence-corrected chi connectivity index (χ4v) is 4.64. The molecule has 2 aromatic carbocycles. The van der Waals surface area contributed by atoms with Crippen LogP contribution in [0.15, 0.2) is 57.7 Å². The molecule has 2 heterocycles. The van der Waals surface area contributed by atoms with Gasteiger partial charge in [-0.1, -0.05) is 30.3 Å². The monoisotopic (exact) mass is 483 g/mol. The predicted octanol–water partition coefficient (Wildman–Crippen LogP) is 3.51. The Kier molecular flexibility index (Phi) is 6.84. The molecule has 0 aliphatic carbocycles. The molecule has 4 atom stereocenters. The van der Waals surface area contributed by atoms with Crippen LogP contribution in [0.2, 0.25) is 0 Å². The van der Waals surface area contributed by atoms with Crippen molar-refractivity contribution in [1.82, 2.24) is 0 Å². The Balaban J connectivity index is 1.65. The van der Waals surface area contributed by atoms with Crippen LogP contribution < -0.4 is 16.1 Å². The Hall–Kier alpha value is -3.40. The van der Waals surface area contributed by atoms with Crippen LogP contribution in [-0.4, -0.2) is 48.5 Å². The fraction of sp³-hybridized carbons (Fsp3) is 0.385. The molecule has 9 heteroatoms. The number of methoxy groups -OCH3 is 1. The van der Waals surface area contributed by atoms with E-state index < -0.39 is 41.9 Å². The minimum atomic E-state index is -1.16. The molecule has 1 aliphatic rings. The molecule has 1 amide bonds. The van der Waals surface area contributed by atoms with Crippen LogP contribution in [0.3, 0.4) is 0 Å². The second kappa shape index (κ2) is 9.69.